The van der Waals surface area contributed by atoms with Crippen LogP contribution in [-0.4, -0.2) is 22.3 Å². The SMILES string of the molecule is O=C(O)C1CC[C@H](O)[C@H]1c1ccc(F)cc1. The first kappa shape index (κ1) is 11.1. The van der Waals surface area contributed by atoms with E-state index in [0.717, 1.165) is 0 Å². The number of carbonyl (C=O) groups is 1. The molecule has 0 radical (unpaired) electrons. The van der Waals surface area contributed by atoms with Gasteiger partial charge in [0.25, 0.3) is 0 Å². The van der Waals surface area contributed by atoms with Gasteiger partial charge in [-0.2, -0.15) is 0 Å². The van der Waals surface area contributed by atoms with E-state index in [4.69, 9.17) is 5.11 Å². The van der Waals surface area contributed by atoms with Crippen molar-refractivity contribution in [2.75, 3.05) is 0 Å². The van der Waals surface area contributed by atoms with Gasteiger partial charge in [-0.1, -0.05) is 12.1 Å². The van der Waals surface area contributed by atoms with E-state index >= 15 is 0 Å². The number of carboxylic acid groups (broad SMARTS) is 1. The van der Waals surface area contributed by atoms with Crippen molar-refractivity contribution in [3.63, 3.8) is 0 Å². The fraction of sp³-hybridized carbons (Fsp3) is 0.417. The lowest BCUT2D eigenvalue weighted by molar-refractivity contribution is -0.142. The fourth-order valence-corrected chi connectivity index (χ4v) is 2.39. The molecule has 1 aromatic carbocycles. The zero-order valence-electron chi connectivity index (χ0n) is 8.64. The molecule has 3 nitrogen and oxygen atoms in total. The van der Waals surface area contributed by atoms with Gasteiger partial charge in [-0.05, 0) is 30.5 Å². The first-order chi connectivity index (χ1) is 7.59. The topological polar surface area (TPSA) is 57.5 Å². The first-order valence-corrected chi connectivity index (χ1v) is 5.26. The van der Waals surface area contributed by atoms with Crippen molar-refractivity contribution in [1.82, 2.24) is 0 Å². The van der Waals surface area contributed by atoms with E-state index in [0.29, 0.717) is 18.4 Å². The molecule has 1 saturated carbocycles. The second-order valence-corrected chi connectivity index (χ2v) is 4.17. The van der Waals surface area contributed by atoms with E-state index in [1.54, 1.807) is 12.1 Å². The zero-order chi connectivity index (χ0) is 11.7. The summed E-state index contributed by atoms with van der Waals surface area (Å²) in [5, 5.41) is 18.8. The zero-order valence-corrected chi connectivity index (χ0v) is 8.64. The quantitative estimate of drug-likeness (QED) is 0.804. The predicted octanol–water partition coefficient (Wildman–Crippen LogP) is 1.76. The van der Waals surface area contributed by atoms with Gasteiger partial charge in [-0.15, -0.1) is 0 Å². The third-order valence-corrected chi connectivity index (χ3v) is 3.19. The Morgan fingerprint density at radius 3 is 2.44 bits per heavy atom. The Bertz CT molecular complexity index is 388. The number of carboxylic acids is 1. The normalized spacial score (nSPS) is 29.2. The molecule has 4 heteroatoms. The van der Waals surface area contributed by atoms with E-state index in [1.807, 2.05) is 0 Å². The molecule has 0 spiro atoms. The van der Waals surface area contributed by atoms with E-state index in [9.17, 15) is 14.3 Å². The Morgan fingerprint density at radius 2 is 1.88 bits per heavy atom. The summed E-state index contributed by atoms with van der Waals surface area (Å²) in [7, 11) is 0. The molecule has 2 N–H and O–H groups in total. The molecule has 86 valence electrons. The fourth-order valence-electron chi connectivity index (χ4n) is 2.39. The van der Waals surface area contributed by atoms with Crippen molar-refractivity contribution in [2.45, 2.75) is 24.9 Å². The number of aliphatic hydroxyl groups excluding tert-OH is 1. The van der Waals surface area contributed by atoms with Crippen molar-refractivity contribution in [3.05, 3.63) is 35.6 Å². The molecule has 1 aliphatic carbocycles. The molecule has 0 bridgehead atoms. The van der Waals surface area contributed by atoms with Crippen LogP contribution in [0.25, 0.3) is 0 Å². The van der Waals surface area contributed by atoms with Gasteiger partial charge in [0.05, 0.1) is 12.0 Å². The number of rotatable bonds is 2. The van der Waals surface area contributed by atoms with Crippen molar-refractivity contribution in [2.24, 2.45) is 5.92 Å². The highest BCUT2D eigenvalue weighted by molar-refractivity contribution is 5.72. The van der Waals surface area contributed by atoms with Crippen molar-refractivity contribution >= 4 is 5.97 Å². The summed E-state index contributed by atoms with van der Waals surface area (Å²) in [5.74, 6) is -2.24. The van der Waals surface area contributed by atoms with Crippen LogP contribution in [0.3, 0.4) is 0 Å². The average molecular weight is 224 g/mol. The maximum atomic E-state index is 12.7. The van der Waals surface area contributed by atoms with Gasteiger partial charge in [-0.3, -0.25) is 4.79 Å². The van der Waals surface area contributed by atoms with Crippen LogP contribution in [0.15, 0.2) is 24.3 Å². The molecule has 1 unspecified atom stereocenters. The number of halogens is 1. The summed E-state index contributed by atoms with van der Waals surface area (Å²) >= 11 is 0. The molecule has 0 aromatic heterocycles. The molecular weight excluding hydrogens is 211 g/mol. The second kappa shape index (κ2) is 4.22. The molecule has 1 fully saturated rings. The van der Waals surface area contributed by atoms with Crippen LogP contribution < -0.4 is 0 Å². The standard InChI is InChI=1S/C12H13FO3/c13-8-3-1-7(2-4-8)11-9(12(15)16)5-6-10(11)14/h1-4,9-11,14H,5-6H2,(H,15,16)/t9?,10-,11-/m0/s1. The largest absolute Gasteiger partial charge is 0.481 e. The second-order valence-electron chi connectivity index (χ2n) is 4.17. The number of aliphatic carboxylic acids is 1. The number of aliphatic hydroxyl groups is 1. The lowest BCUT2D eigenvalue weighted by Crippen LogP contribution is -2.22. The van der Waals surface area contributed by atoms with Crippen LogP contribution >= 0.6 is 0 Å². The number of hydrogen-bond donors (Lipinski definition) is 2. The maximum absolute atomic E-state index is 12.7. The average Bonchev–Trinajstić information content (AvgIpc) is 2.62. The van der Waals surface area contributed by atoms with Gasteiger partial charge in [0.15, 0.2) is 0 Å². The Balaban J connectivity index is 2.29. The van der Waals surface area contributed by atoms with Crippen LogP contribution in [0, 0.1) is 11.7 Å². The van der Waals surface area contributed by atoms with E-state index < -0.39 is 23.9 Å². The van der Waals surface area contributed by atoms with Crippen molar-refractivity contribution < 1.29 is 19.4 Å². The van der Waals surface area contributed by atoms with E-state index in [-0.39, 0.29) is 5.82 Å². The summed E-state index contributed by atoms with van der Waals surface area (Å²) in [6, 6.07) is 5.67. The van der Waals surface area contributed by atoms with Gasteiger partial charge < -0.3 is 10.2 Å². The minimum Gasteiger partial charge on any atom is -0.481 e. The third kappa shape index (κ3) is 1.93. The first-order valence-electron chi connectivity index (χ1n) is 5.26. The number of benzene rings is 1. The van der Waals surface area contributed by atoms with Gasteiger partial charge >= 0.3 is 5.97 Å². The Hall–Kier alpha value is -1.42. The number of hydrogen-bond acceptors (Lipinski definition) is 2. The lowest BCUT2D eigenvalue weighted by Gasteiger charge is -2.19. The van der Waals surface area contributed by atoms with Crippen LogP contribution in [0.4, 0.5) is 4.39 Å². The molecule has 0 saturated heterocycles. The maximum Gasteiger partial charge on any atom is 0.307 e. The van der Waals surface area contributed by atoms with Crippen molar-refractivity contribution in [3.8, 4) is 0 Å². The van der Waals surface area contributed by atoms with Crippen molar-refractivity contribution in [1.29, 1.82) is 0 Å². The minimum atomic E-state index is -0.897. The van der Waals surface area contributed by atoms with Crippen LogP contribution in [0.2, 0.25) is 0 Å². The lowest BCUT2D eigenvalue weighted by atomic mass is 9.88. The highest BCUT2D eigenvalue weighted by Gasteiger charge is 2.40. The molecule has 1 aromatic rings. The highest BCUT2D eigenvalue weighted by Crippen LogP contribution is 2.39. The Morgan fingerprint density at radius 1 is 1.25 bits per heavy atom. The van der Waals surface area contributed by atoms with Gasteiger partial charge in [0.1, 0.15) is 5.82 Å². The predicted molar refractivity (Wildman–Crippen MR) is 55.5 cm³/mol. The van der Waals surface area contributed by atoms with Gasteiger partial charge in [0.2, 0.25) is 0 Å². The summed E-state index contributed by atoms with van der Waals surface area (Å²) in [6.45, 7) is 0. The van der Waals surface area contributed by atoms with Gasteiger partial charge in [0, 0.05) is 5.92 Å². The Labute approximate surface area is 92.5 Å². The van der Waals surface area contributed by atoms with Crippen LogP contribution in [-0.2, 0) is 4.79 Å². The molecular formula is C12H13FO3. The van der Waals surface area contributed by atoms with E-state index in [1.165, 1.54) is 12.1 Å². The molecule has 0 aliphatic heterocycles. The summed E-state index contributed by atoms with van der Waals surface area (Å²) in [6.07, 6.45) is 0.309. The highest BCUT2D eigenvalue weighted by atomic mass is 19.1. The summed E-state index contributed by atoms with van der Waals surface area (Å²) < 4.78 is 12.7. The monoisotopic (exact) mass is 224 g/mol. The summed E-state index contributed by atoms with van der Waals surface area (Å²) in [4.78, 5) is 11.0. The molecule has 0 heterocycles. The molecule has 1 aliphatic rings. The third-order valence-electron chi connectivity index (χ3n) is 3.19. The minimum absolute atomic E-state index is 0.358. The summed E-state index contributed by atoms with van der Waals surface area (Å²) in [5.41, 5.74) is 0.693. The molecule has 2 rings (SSSR count). The molecule has 16 heavy (non-hydrogen) atoms. The van der Waals surface area contributed by atoms with Crippen LogP contribution in [0.5, 0.6) is 0 Å². The molecule has 0 amide bonds. The van der Waals surface area contributed by atoms with E-state index in [2.05, 4.69) is 0 Å². The smallest absolute Gasteiger partial charge is 0.307 e. The van der Waals surface area contributed by atoms with Crippen LogP contribution in [0.1, 0.15) is 24.3 Å². The Kier molecular flexibility index (Phi) is 2.92. The molecule has 3 atom stereocenters. The van der Waals surface area contributed by atoms with Gasteiger partial charge in [-0.25, -0.2) is 4.39 Å².